The van der Waals surface area contributed by atoms with Gasteiger partial charge in [0.1, 0.15) is 5.03 Å². The minimum atomic E-state index is 0.116. The molecule has 2 heterocycles. The van der Waals surface area contributed by atoms with E-state index in [2.05, 4.69) is 48.3 Å². The van der Waals surface area contributed by atoms with Crippen molar-refractivity contribution in [3.8, 4) is 11.3 Å². The first-order valence-electron chi connectivity index (χ1n) is 9.04. The number of aryl methyl sites for hydroxylation is 2. The summed E-state index contributed by atoms with van der Waals surface area (Å²) < 4.78 is 0. The third kappa shape index (κ3) is 3.74. The molecule has 2 aromatic carbocycles. The first kappa shape index (κ1) is 17.7. The number of hydrogen-bond donors (Lipinski definition) is 0. The molecule has 1 amide bonds. The van der Waals surface area contributed by atoms with Gasteiger partial charge in [0.05, 0.1) is 11.4 Å². The Morgan fingerprint density at radius 3 is 2.70 bits per heavy atom. The smallest absolute Gasteiger partial charge is 0.237 e. The number of benzene rings is 2. The Morgan fingerprint density at radius 2 is 1.93 bits per heavy atom. The summed E-state index contributed by atoms with van der Waals surface area (Å²) in [6, 6.07) is 18.3. The van der Waals surface area contributed by atoms with Crippen molar-refractivity contribution in [2.45, 2.75) is 25.3 Å². The third-order valence-electron chi connectivity index (χ3n) is 4.83. The summed E-state index contributed by atoms with van der Waals surface area (Å²) >= 11 is 1.44. The molecule has 1 aliphatic rings. The van der Waals surface area contributed by atoms with Gasteiger partial charge < -0.3 is 4.90 Å². The highest BCUT2D eigenvalue weighted by Gasteiger charge is 2.24. The summed E-state index contributed by atoms with van der Waals surface area (Å²) in [6.45, 7) is 4.92. The number of amides is 1. The number of rotatable bonds is 4. The lowest BCUT2D eigenvalue weighted by Crippen LogP contribution is -2.30. The third-order valence-corrected chi connectivity index (χ3v) is 5.73. The van der Waals surface area contributed by atoms with Crippen molar-refractivity contribution < 1.29 is 4.79 Å². The van der Waals surface area contributed by atoms with Crippen molar-refractivity contribution in [3.63, 3.8) is 0 Å². The average molecular weight is 375 g/mol. The van der Waals surface area contributed by atoms with Crippen LogP contribution >= 0.6 is 11.8 Å². The fourth-order valence-electron chi connectivity index (χ4n) is 3.45. The molecule has 0 unspecified atom stereocenters. The molecular weight excluding hydrogens is 354 g/mol. The molecule has 5 heteroatoms. The minimum Gasteiger partial charge on any atom is -0.311 e. The van der Waals surface area contributed by atoms with E-state index in [1.54, 1.807) is 0 Å². The molecule has 4 nitrogen and oxygen atoms in total. The molecule has 136 valence electrons. The lowest BCUT2D eigenvalue weighted by Gasteiger charge is -2.16. The van der Waals surface area contributed by atoms with Gasteiger partial charge in [-0.1, -0.05) is 53.7 Å². The Morgan fingerprint density at radius 1 is 1.07 bits per heavy atom. The molecule has 27 heavy (non-hydrogen) atoms. The van der Waals surface area contributed by atoms with Crippen LogP contribution in [0.2, 0.25) is 0 Å². The van der Waals surface area contributed by atoms with E-state index in [9.17, 15) is 4.79 Å². The molecule has 0 N–H and O–H groups in total. The Kier molecular flexibility index (Phi) is 4.94. The van der Waals surface area contributed by atoms with Gasteiger partial charge >= 0.3 is 0 Å². The van der Waals surface area contributed by atoms with E-state index in [-0.39, 0.29) is 5.91 Å². The maximum absolute atomic E-state index is 12.6. The predicted octanol–water partition coefficient (Wildman–Crippen LogP) is 4.44. The number of aromatic nitrogens is 2. The lowest BCUT2D eigenvalue weighted by molar-refractivity contribution is -0.116. The highest BCUT2D eigenvalue weighted by Crippen LogP contribution is 2.29. The van der Waals surface area contributed by atoms with Crippen LogP contribution in [0, 0.1) is 13.8 Å². The number of thioether (sulfide) groups is 1. The van der Waals surface area contributed by atoms with E-state index < -0.39 is 0 Å². The molecule has 0 aliphatic carbocycles. The van der Waals surface area contributed by atoms with Gasteiger partial charge in [0.15, 0.2) is 0 Å². The average Bonchev–Trinajstić information content (AvgIpc) is 3.11. The van der Waals surface area contributed by atoms with E-state index in [1.807, 2.05) is 35.2 Å². The predicted molar refractivity (Wildman–Crippen MR) is 110 cm³/mol. The van der Waals surface area contributed by atoms with E-state index in [0.717, 1.165) is 34.9 Å². The van der Waals surface area contributed by atoms with Gasteiger partial charge in [-0.15, -0.1) is 10.2 Å². The number of hydrogen-bond acceptors (Lipinski definition) is 4. The van der Waals surface area contributed by atoms with Gasteiger partial charge in [-0.05, 0) is 49.6 Å². The van der Waals surface area contributed by atoms with Crippen LogP contribution in [-0.4, -0.2) is 28.4 Å². The minimum absolute atomic E-state index is 0.116. The number of para-hydroxylation sites is 1. The van der Waals surface area contributed by atoms with Crippen LogP contribution < -0.4 is 4.90 Å². The van der Waals surface area contributed by atoms with Crippen molar-refractivity contribution in [1.82, 2.24) is 10.2 Å². The monoisotopic (exact) mass is 375 g/mol. The van der Waals surface area contributed by atoms with Gasteiger partial charge in [0.25, 0.3) is 0 Å². The molecule has 4 rings (SSSR count). The van der Waals surface area contributed by atoms with Crippen LogP contribution in [0.15, 0.2) is 59.6 Å². The van der Waals surface area contributed by atoms with Crippen LogP contribution in [0.1, 0.15) is 16.7 Å². The van der Waals surface area contributed by atoms with E-state index in [0.29, 0.717) is 5.75 Å². The summed E-state index contributed by atoms with van der Waals surface area (Å²) in [5, 5.41) is 9.43. The molecule has 0 bridgehead atoms. The Bertz CT molecular complexity index is 985. The zero-order valence-electron chi connectivity index (χ0n) is 15.5. The zero-order valence-corrected chi connectivity index (χ0v) is 16.3. The second-order valence-corrected chi connectivity index (χ2v) is 7.78. The largest absolute Gasteiger partial charge is 0.311 e. The maximum Gasteiger partial charge on any atom is 0.237 e. The quantitative estimate of drug-likeness (QED) is 0.633. The molecule has 0 spiro atoms. The van der Waals surface area contributed by atoms with E-state index >= 15 is 0 Å². The molecule has 1 aliphatic heterocycles. The van der Waals surface area contributed by atoms with E-state index in [4.69, 9.17) is 0 Å². The van der Waals surface area contributed by atoms with Gasteiger partial charge in [-0.25, -0.2) is 0 Å². The van der Waals surface area contributed by atoms with Crippen molar-refractivity contribution in [1.29, 1.82) is 0 Å². The molecule has 0 atom stereocenters. The molecule has 0 fully saturated rings. The van der Waals surface area contributed by atoms with Crippen molar-refractivity contribution in [3.05, 3.63) is 71.3 Å². The molecule has 0 radical (unpaired) electrons. The molecule has 0 saturated heterocycles. The SMILES string of the molecule is Cc1ccc(-c2ccc(SCC(=O)N3CCc4ccccc43)nn2)c(C)c1. The van der Waals surface area contributed by atoms with Crippen LogP contribution in [0.5, 0.6) is 0 Å². The van der Waals surface area contributed by atoms with E-state index in [1.165, 1.54) is 28.5 Å². The summed E-state index contributed by atoms with van der Waals surface area (Å²) in [4.78, 5) is 14.5. The van der Waals surface area contributed by atoms with Gasteiger partial charge in [0, 0.05) is 17.8 Å². The molecule has 0 saturated carbocycles. The van der Waals surface area contributed by atoms with Gasteiger partial charge in [-0.3, -0.25) is 4.79 Å². The first-order chi connectivity index (χ1) is 13.1. The Labute approximate surface area is 163 Å². The second-order valence-electron chi connectivity index (χ2n) is 6.79. The van der Waals surface area contributed by atoms with Gasteiger partial charge in [0.2, 0.25) is 5.91 Å². The Balaban J connectivity index is 1.41. The fourth-order valence-corrected chi connectivity index (χ4v) is 4.14. The summed E-state index contributed by atoms with van der Waals surface area (Å²) in [5.41, 5.74) is 6.66. The summed E-state index contributed by atoms with van der Waals surface area (Å²) in [7, 11) is 0. The van der Waals surface area contributed by atoms with Crippen LogP contribution in [0.3, 0.4) is 0 Å². The lowest BCUT2D eigenvalue weighted by atomic mass is 10.0. The summed E-state index contributed by atoms with van der Waals surface area (Å²) in [5.74, 6) is 0.483. The summed E-state index contributed by atoms with van der Waals surface area (Å²) in [6.07, 6.45) is 0.928. The molecule has 1 aromatic heterocycles. The van der Waals surface area contributed by atoms with Crippen LogP contribution in [0.4, 0.5) is 5.69 Å². The van der Waals surface area contributed by atoms with Crippen molar-refractivity contribution >= 4 is 23.4 Å². The molecular formula is C22H21N3OS. The standard InChI is InChI=1S/C22H21N3OS/c1-15-7-8-18(16(2)13-15)19-9-10-21(24-23-19)27-14-22(26)25-12-11-17-5-3-4-6-20(17)25/h3-10,13H,11-12,14H2,1-2H3. The van der Waals surface area contributed by atoms with Crippen molar-refractivity contribution in [2.75, 3.05) is 17.2 Å². The second kappa shape index (κ2) is 7.53. The topological polar surface area (TPSA) is 46.1 Å². The van der Waals surface area contributed by atoms with Crippen LogP contribution in [-0.2, 0) is 11.2 Å². The zero-order chi connectivity index (χ0) is 18.8. The number of carbonyl (C=O) groups excluding carboxylic acids is 1. The Hall–Kier alpha value is -2.66. The number of anilines is 1. The first-order valence-corrected chi connectivity index (χ1v) is 10.0. The number of nitrogens with zero attached hydrogens (tertiary/aromatic N) is 3. The highest BCUT2D eigenvalue weighted by molar-refractivity contribution is 7.99. The molecule has 3 aromatic rings. The number of fused-ring (bicyclic) bond motifs is 1. The fraction of sp³-hybridized carbons (Fsp3) is 0.227. The number of carbonyl (C=O) groups is 1. The van der Waals surface area contributed by atoms with Crippen molar-refractivity contribution in [2.24, 2.45) is 0 Å². The normalized spacial score (nSPS) is 12.9. The maximum atomic E-state index is 12.6. The highest BCUT2D eigenvalue weighted by atomic mass is 32.2. The van der Waals surface area contributed by atoms with Gasteiger partial charge in [-0.2, -0.15) is 0 Å². The van der Waals surface area contributed by atoms with Crippen LogP contribution in [0.25, 0.3) is 11.3 Å².